The third kappa shape index (κ3) is 5.20. The predicted molar refractivity (Wildman–Crippen MR) is 247 cm³/mol. The summed E-state index contributed by atoms with van der Waals surface area (Å²) in [5, 5.41) is 4.75. The molecule has 59 heavy (non-hydrogen) atoms. The lowest BCUT2D eigenvalue weighted by molar-refractivity contribution is 0.660. The van der Waals surface area contributed by atoms with Gasteiger partial charge in [-0.25, -0.2) is 0 Å². The second-order valence-electron chi connectivity index (χ2n) is 16.5. The summed E-state index contributed by atoms with van der Waals surface area (Å²) in [5.41, 5.74) is 20.1. The number of nitrogens with zero attached hydrogens (tertiary/aromatic N) is 1. The Morgan fingerprint density at radius 1 is 0.356 bits per heavy atom. The smallest absolute Gasteiger partial charge is 0.159 e. The molecular formula is C57H39NO. The van der Waals surface area contributed by atoms with Gasteiger partial charge in [0.05, 0.1) is 16.7 Å². The molecule has 2 aromatic heterocycles. The van der Waals surface area contributed by atoms with E-state index in [4.69, 9.17) is 4.42 Å². The van der Waals surface area contributed by atoms with E-state index in [2.05, 4.69) is 219 Å². The van der Waals surface area contributed by atoms with Crippen molar-refractivity contribution in [1.82, 2.24) is 4.57 Å². The minimum Gasteiger partial charge on any atom is -0.454 e. The molecule has 0 atom stereocenters. The standard InChI is InChI=1S/C57H39NO/c1-57(2)50-16-8-6-13-44(50)48-34-49-45-14-7-9-17-52(45)58(54(49)35-51(48)57)53-18-10-15-47-46-32-31-43(33-55(46)59-56(47)53)42-29-27-41(28-30-42)40-25-23-39(24-26-40)38-21-19-37(20-22-38)36-11-4-3-5-12-36/h3-35H,1-2H3. The largest absolute Gasteiger partial charge is 0.454 e. The minimum atomic E-state index is -0.0947. The summed E-state index contributed by atoms with van der Waals surface area (Å²) >= 11 is 0. The highest BCUT2D eigenvalue weighted by atomic mass is 16.3. The molecule has 0 spiro atoms. The molecule has 0 unspecified atom stereocenters. The SMILES string of the molecule is CC1(C)c2ccccc2-c2cc3c4ccccc4n(-c4cccc5c4oc4cc(-c6ccc(-c7ccc(-c8ccc(-c9ccccc9)cc8)cc7)cc6)ccc45)c3cc21. The van der Waals surface area contributed by atoms with Gasteiger partial charge in [-0.3, -0.25) is 0 Å². The second-order valence-corrected chi connectivity index (χ2v) is 16.5. The summed E-state index contributed by atoms with van der Waals surface area (Å²) in [6, 6.07) is 72.8. The maximum Gasteiger partial charge on any atom is 0.159 e. The van der Waals surface area contributed by atoms with Crippen LogP contribution in [0.4, 0.5) is 0 Å². The Balaban J connectivity index is 0.886. The molecule has 2 heterocycles. The van der Waals surface area contributed by atoms with Gasteiger partial charge >= 0.3 is 0 Å². The van der Waals surface area contributed by atoms with Gasteiger partial charge in [0.1, 0.15) is 5.58 Å². The molecule has 0 saturated heterocycles. The summed E-state index contributed by atoms with van der Waals surface area (Å²) in [6.07, 6.45) is 0. The van der Waals surface area contributed by atoms with Crippen LogP contribution in [0.2, 0.25) is 0 Å². The molecule has 2 heteroatoms. The predicted octanol–water partition coefficient (Wildman–Crippen LogP) is 15.7. The monoisotopic (exact) mass is 753 g/mol. The molecule has 12 rings (SSSR count). The zero-order valence-corrected chi connectivity index (χ0v) is 32.9. The van der Waals surface area contributed by atoms with Crippen LogP contribution in [0, 0.1) is 0 Å². The Kier molecular flexibility index (Phi) is 7.31. The fourth-order valence-corrected chi connectivity index (χ4v) is 9.76. The Morgan fingerprint density at radius 2 is 0.898 bits per heavy atom. The first kappa shape index (κ1) is 33.7. The summed E-state index contributed by atoms with van der Waals surface area (Å²) in [4.78, 5) is 0. The molecule has 0 saturated carbocycles. The molecular weight excluding hydrogens is 715 g/mol. The molecule has 2 nitrogen and oxygen atoms in total. The first-order chi connectivity index (χ1) is 29.0. The number of rotatable bonds is 5. The maximum absolute atomic E-state index is 6.90. The van der Waals surface area contributed by atoms with Crippen LogP contribution in [0.1, 0.15) is 25.0 Å². The van der Waals surface area contributed by atoms with Crippen molar-refractivity contribution in [1.29, 1.82) is 0 Å². The first-order valence-electron chi connectivity index (χ1n) is 20.5. The van der Waals surface area contributed by atoms with Crippen LogP contribution >= 0.6 is 0 Å². The van der Waals surface area contributed by atoms with Gasteiger partial charge in [0, 0.05) is 27.0 Å². The number of aromatic nitrogens is 1. The molecule has 11 aromatic rings. The molecule has 0 aliphatic heterocycles. The molecule has 278 valence electrons. The lowest BCUT2D eigenvalue weighted by Crippen LogP contribution is -2.14. The molecule has 0 N–H and O–H groups in total. The van der Waals surface area contributed by atoms with E-state index in [-0.39, 0.29) is 5.41 Å². The van der Waals surface area contributed by atoms with E-state index in [1.165, 1.54) is 77.4 Å². The van der Waals surface area contributed by atoms with Gasteiger partial charge in [0.25, 0.3) is 0 Å². The van der Waals surface area contributed by atoms with Gasteiger partial charge in [-0.1, -0.05) is 178 Å². The van der Waals surface area contributed by atoms with Gasteiger partial charge in [0.15, 0.2) is 5.58 Å². The highest BCUT2D eigenvalue weighted by molar-refractivity contribution is 6.14. The zero-order chi connectivity index (χ0) is 39.2. The zero-order valence-electron chi connectivity index (χ0n) is 32.9. The number of fused-ring (bicyclic) bond motifs is 9. The van der Waals surface area contributed by atoms with Crippen molar-refractivity contribution < 1.29 is 4.42 Å². The van der Waals surface area contributed by atoms with Crippen LogP contribution < -0.4 is 0 Å². The van der Waals surface area contributed by atoms with E-state index >= 15 is 0 Å². The highest BCUT2D eigenvalue weighted by Gasteiger charge is 2.36. The van der Waals surface area contributed by atoms with Crippen molar-refractivity contribution in [3.05, 3.63) is 211 Å². The van der Waals surface area contributed by atoms with Gasteiger partial charge in [-0.2, -0.15) is 0 Å². The van der Waals surface area contributed by atoms with Crippen LogP contribution in [0.5, 0.6) is 0 Å². The Hall–Kier alpha value is -7.42. The average molecular weight is 754 g/mol. The van der Waals surface area contributed by atoms with Crippen LogP contribution in [0.3, 0.4) is 0 Å². The third-order valence-electron chi connectivity index (χ3n) is 12.9. The quantitative estimate of drug-likeness (QED) is 0.171. The molecule has 1 aliphatic carbocycles. The topological polar surface area (TPSA) is 18.1 Å². The van der Waals surface area contributed by atoms with Crippen molar-refractivity contribution >= 4 is 43.7 Å². The van der Waals surface area contributed by atoms with E-state index in [1.807, 2.05) is 0 Å². The van der Waals surface area contributed by atoms with Gasteiger partial charge < -0.3 is 8.98 Å². The number of hydrogen-bond donors (Lipinski definition) is 0. The summed E-state index contributed by atoms with van der Waals surface area (Å²) in [7, 11) is 0. The Morgan fingerprint density at radius 3 is 1.58 bits per heavy atom. The molecule has 0 radical (unpaired) electrons. The summed E-state index contributed by atoms with van der Waals surface area (Å²) in [5.74, 6) is 0. The number of furan rings is 1. The second kappa shape index (κ2) is 12.8. The Labute approximate surface area is 343 Å². The maximum atomic E-state index is 6.90. The van der Waals surface area contributed by atoms with E-state index < -0.39 is 0 Å². The normalized spacial score (nSPS) is 13.1. The van der Waals surface area contributed by atoms with Gasteiger partial charge in [-0.05, 0) is 103 Å². The summed E-state index contributed by atoms with van der Waals surface area (Å²) < 4.78 is 9.32. The summed E-state index contributed by atoms with van der Waals surface area (Å²) in [6.45, 7) is 4.71. The highest BCUT2D eigenvalue weighted by Crippen LogP contribution is 2.51. The van der Waals surface area contributed by atoms with E-state index in [9.17, 15) is 0 Å². The van der Waals surface area contributed by atoms with Crippen molar-refractivity contribution in [2.75, 3.05) is 0 Å². The van der Waals surface area contributed by atoms with Crippen LogP contribution in [0.25, 0.3) is 105 Å². The van der Waals surface area contributed by atoms with Gasteiger partial charge in [0.2, 0.25) is 0 Å². The van der Waals surface area contributed by atoms with Crippen LogP contribution in [0.15, 0.2) is 205 Å². The number of para-hydroxylation sites is 2. The first-order valence-corrected chi connectivity index (χ1v) is 20.5. The molecule has 9 aromatic carbocycles. The van der Waals surface area contributed by atoms with Gasteiger partial charge in [-0.15, -0.1) is 0 Å². The molecule has 1 aliphatic rings. The number of hydrogen-bond acceptors (Lipinski definition) is 1. The van der Waals surface area contributed by atoms with Crippen molar-refractivity contribution in [2.45, 2.75) is 19.3 Å². The lowest BCUT2D eigenvalue weighted by atomic mass is 9.82. The van der Waals surface area contributed by atoms with Crippen LogP contribution in [-0.2, 0) is 5.41 Å². The fraction of sp³-hybridized carbons (Fsp3) is 0.0526. The van der Waals surface area contributed by atoms with E-state index in [0.717, 1.165) is 38.8 Å². The molecule has 0 amide bonds. The lowest BCUT2D eigenvalue weighted by Gasteiger charge is -2.21. The fourth-order valence-electron chi connectivity index (χ4n) is 9.76. The van der Waals surface area contributed by atoms with Crippen molar-refractivity contribution in [2.24, 2.45) is 0 Å². The average Bonchev–Trinajstić information content (AvgIpc) is 3.91. The third-order valence-corrected chi connectivity index (χ3v) is 12.9. The van der Waals surface area contributed by atoms with Crippen LogP contribution in [-0.4, -0.2) is 4.57 Å². The molecule has 0 bridgehead atoms. The van der Waals surface area contributed by atoms with E-state index in [1.54, 1.807) is 0 Å². The van der Waals surface area contributed by atoms with Crippen molar-refractivity contribution in [3.63, 3.8) is 0 Å². The molecule has 0 fully saturated rings. The number of benzene rings is 9. The van der Waals surface area contributed by atoms with Crippen molar-refractivity contribution in [3.8, 4) is 61.3 Å². The van der Waals surface area contributed by atoms with E-state index in [0.29, 0.717) is 0 Å². The minimum absolute atomic E-state index is 0.0947. The Bertz CT molecular complexity index is 3420.